The van der Waals surface area contributed by atoms with Gasteiger partial charge in [0.05, 0.1) is 15.5 Å². The highest BCUT2D eigenvalue weighted by molar-refractivity contribution is 7.86. The minimum Gasteiger partial charge on any atom is -0.288 e. The summed E-state index contributed by atoms with van der Waals surface area (Å²) in [5.41, 5.74) is 0.605. The van der Waals surface area contributed by atoms with E-state index in [1.165, 1.54) is 16.2 Å². The summed E-state index contributed by atoms with van der Waals surface area (Å²) in [5.74, 6) is -1.44. The SMILES string of the molecule is O=C1CC(CS(=O)(=O)F)CN1c1nc2c(Cl)cccc2s1. The number of fused-ring (bicyclic) bond motifs is 1. The zero-order valence-electron chi connectivity index (χ0n) is 10.6. The van der Waals surface area contributed by atoms with Gasteiger partial charge in [-0.2, -0.15) is 8.42 Å². The van der Waals surface area contributed by atoms with Crippen LogP contribution >= 0.6 is 22.9 Å². The van der Waals surface area contributed by atoms with Crippen LogP contribution in [0.2, 0.25) is 5.02 Å². The van der Waals surface area contributed by atoms with E-state index < -0.39 is 21.9 Å². The molecule has 0 bridgehead atoms. The molecule has 1 aliphatic rings. The molecule has 0 radical (unpaired) electrons. The van der Waals surface area contributed by atoms with Gasteiger partial charge in [-0.1, -0.05) is 29.0 Å². The standard InChI is InChI=1S/C12H10ClFN2O3S2/c13-8-2-1-3-9-11(8)15-12(20-9)16-5-7(4-10(16)17)6-21(14,18)19/h1-3,7H,4-6H2. The lowest BCUT2D eigenvalue weighted by Gasteiger charge is -2.11. The summed E-state index contributed by atoms with van der Waals surface area (Å²) in [5, 5.41) is 0.950. The average molecular weight is 349 g/mol. The van der Waals surface area contributed by atoms with E-state index in [0.717, 1.165) is 4.70 Å². The molecule has 0 N–H and O–H groups in total. The van der Waals surface area contributed by atoms with E-state index in [1.807, 2.05) is 6.07 Å². The fourth-order valence-corrected chi connectivity index (χ4v) is 4.46. The van der Waals surface area contributed by atoms with E-state index >= 15 is 0 Å². The lowest BCUT2D eigenvalue weighted by atomic mass is 10.1. The van der Waals surface area contributed by atoms with Crippen molar-refractivity contribution in [1.29, 1.82) is 0 Å². The smallest absolute Gasteiger partial charge is 0.288 e. The minimum absolute atomic E-state index is 0.00675. The van der Waals surface area contributed by atoms with Crippen molar-refractivity contribution >= 4 is 54.4 Å². The van der Waals surface area contributed by atoms with Gasteiger partial charge >= 0.3 is 10.2 Å². The Labute approximate surface area is 129 Å². The van der Waals surface area contributed by atoms with Gasteiger partial charge in [-0.15, -0.1) is 3.89 Å². The number of hydrogen-bond donors (Lipinski definition) is 0. The van der Waals surface area contributed by atoms with Crippen molar-refractivity contribution < 1.29 is 17.1 Å². The molecule has 0 spiro atoms. The molecular weight excluding hydrogens is 339 g/mol. The van der Waals surface area contributed by atoms with Crippen LogP contribution in [-0.4, -0.2) is 31.6 Å². The van der Waals surface area contributed by atoms with Crippen LogP contribution in [0.3, 0.4) is 0 Å². The fraction of sp³-hybridized carbons (Fsp3) is 0.333. The Balaban J connectivity index is 1.89. The number of benzene rings is 1. The number of halogens is 2. The first-order chi connectivity index (χ1) is 9.83. The first-order valence-electron chi connectivity index (χ1n) is 6.11. The Morgan fingerprint density at radius 1 is 1.48 bits per heavy atom. The lowest BCUT2D eigenvalue weighted by Crippen LogP contribution is -2.25. The van der Waals surface area contributed by atoms with Crippen molar-refractivity contribution in [1.82, 2.24) is 4.98 Å². The van der Waals surface area contributed by atoms with Gasteiger partial charge in [-0.3, -0.25) is 9.69 Å². The molecule has 2 heterocycles. The van der Waals surface area contributed by atoms with E-state index in [9.17, 15) is 17.1 Å². The van der Waals surface area contributed by atoms with Crippen molar-refractivity contribution in [3.63, 3.8) is 0 Å². The molecule has 1 unspecified atom stereocenters. The highest BCUT2D eigenvalue weighted by Gasteiger charge is 2.35. The number of nitrogens with zero attached hydrogens (tertiary/aromatic N) is 2. The van der Waals surface area contributed by atoms with Crippen molar-refractivity contribution in [2.45, 2.75) is 6.42 Å². The Kier molecular flexibility index (Phi) is 3.62. The van der Waals surface area contributed by atoms with Crippen LogP contribution < -0.4 is 4.90 Å². The number of carbonyl (C=O) groups excluding carboxylic acids is 1. The quantitative estimate of drug-likeness (QED) is 0.800. The van der Waals surface area contributed by atoms with Gasteiger partial charge in [0.25, 0.3) is 0 Å². The maximum atomic E-state index is 12.7. The predicted molar refractivity (Wildman–Crippen MR) is 80.0 cm³/mol. The third kappa shape index (κ3) is 3.02. The van der Waals surface area contributed by atoms with Gasteiger partial charge in [0, 0.05) is 18.9 Å². The summed E-state index contributed by atoms with van der Waals surface area (Å²) in [4.78, 5) is 17.7. The monoisotopic (exact) mass is 348 g/mol. The van der Waals surface area contributed by atoms with Crippen LogP contribution in [0, 0.1) is 5.92 Å². The summed E-state index contributed by atoms with van der Waals surface area (Å²) < 4.78 is 35.0. The maximum absolute atomic E-state index is 12.7. The molecule has 2 aromatic rings. The highest BCUT2D eigenvalue weighted by Crippen LogP contribution is 2.35. The summed E-state index contributed by atoms with van der Waals surface area (Å²) in [7, 11) is -4.58. The maximum Gasteiger partial charge on any atom is 0.302 e. The summed E-state index contributed by atoms with van der Waals surface area (Å²) in [6.07, 6.45) is 0.00675. The van der Waals surface area contributed by atoms with Crippen LogP contribution in [0.5, 0.6) is 0 Å². The average Bonchev–Trinajstić information content (AvgIpc) is 2.91. The molecule has 9 heteroatoms. The number of anilines is 1. The molecule has 5 nitrogen and oxygen atoms in total. The van der Waals surface area contributed by atoms with Gasteiger partial charge in [0.1, 0.15) is 5.52 Å². The summed E-state index contributed by atoms with van der Waals surface area (Å²) in [6.45, 7) is 0.152. The number of carbonyl (C=O) groups is 1. The van der Waals surface area contributed by atoms with Crippen LogP contribution in [0.15, 0.2) is 18.2 Å². The molecule has 1 saturated heterocycles. The van der Waals surface area contributed by atoms with Crippen molar-refractivity contribution in [2.24, 2.45) is 5.92 Å². The molecule has 0 saturated carbocycles. The Morgan fingerprint density at radius 2 is 2.24 bits per heavy atom. The molecule has 1 amide bonds. The van der Waals surface area contributed by atoms with E-state index in [4.69, 9.17) is 11.6 Å². The van der Waals surface area contributed by atoms with Crippen LogP contribution in [0.25, 0.3) is 10.2 Å². The third-order valence-electron chi connectivity index (χ3n) is 3.23. The summed E-state index contributed by atoms with van der Waals surface area (Å²) >= 11 is 7.34. The van der Waals surface area contributed by atoms with Crippen LogP contribution in [0.1, 0.15) is 6.42 Å². The second kappa shape index (κ2) is 5.19. The first-order valence-corrected chi connectivity index (χ1v) is 8.86. The van der Waals surface area contributed by atoms with E-state index in [-0.39, 0.29) is 18.9 Å². The number of rotatable bonds is 3. The highest BCUT2D eigenvalue weighted by atomic mass is 35.5. The van der Waals surface area contributed by atoms with Crippen molar-refractivity contribution in [3.8, 4) is 0 Å². The molecule has 1 atom stereocenters. The van der Waals surface area contributed by atoms with Crippen LogP contribution in [0.4, 0.5) is 9.02 Å². The normalized spacial score (nSPS) is 19.6. The molecule has 0 aliphatic carbocycles. The number of amides is 1. The fourth-order valence-electron chi connectivity index (χ4n) is 2.38. The molecule has 1 aromatic carbocycles. The van der Waals surface area contributed by atoms with Crippen molar-refractivity contribution in [2.75, 3.05) is 17.2 Å². The second-order valence-corrected chi connectivity index (χ2v) is 7.69. The Hall–Kier alpha value is -1.25. The molecule has 1 aromatic heterocycles. The van der Waals surface area contributed by atoms with Crippen molar-refractivity contribution in [3.05, 3.63) is 23.2 Å². The van der Waals surface area contributed by atoms with Crippen LogP contribution in [-0.2, 0) is 15.0 Å². The molecule has 1 aliphatic heterocycles. The molecule has 21 heavy (non-hydrogen) atoms. The van der Waals surface area contributed by atoms with E-state index in [1.54, 1.807) is 12.1 Å². The van der Waals surface area contributed by atoms with Gasteiger partial charge in [0.2, 0.25) is 5.91 Å². The minimum atomic E-state index is -4.58. The molecule has 112 valence electrons. The Bertz CT molecular complexity index is 821. The molecule has 1 fully saturated rings. The predicted octanol–water partition coefficient (Wildman–Crippen LogP) is 2.60. The Morgan fingerprint density at radius 3 is 2.90 bits per heavy atom. The largest absolute Gasteiger partial charge is 0.302 e. The zero-order chi connectivity index (χ0) is 15.2. The van der Waals surface area contributed by atoms with E-state index in [0.29, 0.717) is 15.7 Å². The molecular formula is C12H10ClFN2O3S2. The van der Waals surface area contributed by atoms with E-state index in [2.05, 4.69) is 4.98 Å². The number of aromatic nitrogens is 1. The number of thiazole rings is 1. The van der Waals surface area contributed by atoms with Gasteiger partial charge in [-0.25, -0.2) is 4.98 Å². The van der Waals surface area contributed by atoms with Gasteiger partial charge in [0.15, 0.2) is 5.13 Å². The van der Waals surface area contributed by atoms with Gasteiger partial charge in [-0.05, 0) is 12.1 Å². The lowest BCUT2D eigenvalue weighted by molar-refractivity contribution is -0.117. The third-order valence-corrected chi connectivity index (χ3v) is 5.45. The molecule has 3 rings (SSSR count). The second-order valence-electron chi connectivity index (χ2n) is 4.86. The summed E-state index contributed by atoms with van der Waals surface area (Å²) in [6, 6.07) is 5.33. The zero-order valence-corrected chi connectivity index (χ0v) is 13.0. The van der Waals surface area contributed by atoms with Gasteiger partial charge < -0.3 is 0 Å². The first kappa shape index (κ1) is 14.7. The number of para-hydroxylation sites is 1. The topological polar surface area (TPSA) is 67.3 Å². The number of hydrogen-bond acceptors (Lipinski definition) is 5.